The van der Waals surface area contributed by atoms with E-state index in [2.05, 4.69) is 10.6 Å². The van der Waals surface area contributed by atoms with Crippen LogP contribution in [0.15, 0.2) is 24.3 Å². The van der Waals surface area contributed by atoms with Crippen LogP contribution in [0.4, 0.5) is 0 Å². The molecule has 1 aromatic rings. The number of amides is 2. The van der Waals surface area contributed by atoms with Crippen LogP contribution in [-0.2, 0) is 30.5 Å². The highest BCUT2D eigenvalue weighted by molar-refractivity contribution is 5.96. The molecule has 0 aliphatic heterocycles. The molecule has 0 bridgehead atoms. The third-order valence-corrected chi connectivity index (χ3v) is 6.91. The Morgan fingerprint density at radius 2 is 1.21 bits per heavy atom. The molecule has 0 saturated carbocycles. The second kappa shape index (κ2) is 21.3. The van der Waals surface area contributed by atoms with Gasteiger partial charge in [0, 0.05) is 31.4 Å². The van der Waals surface area contributed by atoms with Crippen LogP contribution in [-0.4, -0.2) is 51.6 Å². The van der Waals surface area contributed by atoms with Crippen molar-refractivity contribution in [1.29, 1.82) is 0 Å². The summed E-state index contributed by atoms with van der Waals surface area (Å²) in [5.74, 6) is -3.14. The van der Waals surface area contributed by atoms with Crippen LogP contribution in [0.1, 0.15) is 139 Å². The van der Waals surface area contributed by atoms with Gasteiger partial charge in [-0.3, -0.25) is 19.2 Å². The van der Waals surface area contributed by atoms with Crippen molar-refractivity contribution in [3.05, 3.63) is 35.4 Å². The monoisotopic (exact) mass is 604 g/mol. The van der Waals surface area contributed by atoms with Crippen molar-refractivity contribution in [1.82, 2.24) is 10.6 Å². The topological polar surface area (TPSA) is 159 Å². The number of carboxylic acids is 2. The second-order valence-corrected chi connectivity index (χ2v) is 12.1. The van der Waals surface area contributed by atoms with Crippen LogP contribution in [0, 0.1) is 0 Å². The largest absolute Gasteiger partial charge is 0.481 e. The molecule has 0 heterocycles. The second-order valence-electron chi connectivity index (χ2n) is 12.1. The molecule has 0 aliphatic carbocycles. The Bertz CT molecular complexity index is 1000. The number of carbonyl (C=O) groups excluding carboxylic acids is 3. The molecule has 0 unspecified atom stereocenters. The van der Waals surface area contributed by atoms with Crippen molar-refractivity contribution in [3.63, 3.8) is 0 Å². The average Bonchev–Trinajstić information content (AvgIpc) is 2.93. The van der Waals surface area contributed by atoms with E-state index in [0.717, 1.165) is 37.7 Å². The Morgan fingerprint density at radius 3 is 1.67 bits per heavy atom. The molecule has 0 aromatic heterocycles. The molecule has 4 N–H and O–H groups in total. The van der Waals surface area contributed by atoms with Crippen LogP contribution < -0.4 is 10.6 Å². The van der Waals surface area contributed by atoms with Crippen molar-refractivity contribution < 1.29 is 38.9 Å². The summed E-state index contributed by atoms with van der Waals surface area (Å²) < 4.78 is 5.32. The molecular formula is C33H52N2O8. The van der Waals surface area contributed by atoms with Crippen LogP contribution in [0.25, 0.3) is 0 Å². The maximum absolute atomic E-state index is 12.3. The van der Waals surface area contributed by atoms with E-state index >= 15 is 0 Å². The van der Waals surface area contributed by atoms with E-state index in [4.69, 9.17) is 9.84 Å². The average molecular weight is 605 g/mol. The summed E-state index contributed by atoms with van der Waals surface area (Å²) in [7, 11) is 0. The summed E-state index contributed by atoms with van der Waals surface area (Å²) in [4.78, 5) is 58.2. The molecule has 10 nitrogen and oxygen atoms in total. The molecule has 0 aliphatic rings. The fourth-order valence-electron chi connectivity index (χ4n) is 4.54. The van der Waals surface area contributed by atoms with E-state index in [1.54, 1.807) is 24.3 Å². The molecule has 1 atom stereocenters. The molecule has 43 heavy (non-hydrogen) atoms. The first kappa shape index (κ1) is 37.6. The summed E-state index contributed by atoms with van der Waals surface area (Å²) in [5, 5.41) is 23.2. The van der Waals surface area contributed by atoms with Gasteiger partial charge in [-0.05, 0) is 57.7 Å². The van der Waals surface area contributed by atoms with Crippen LogP contribution in [0.3, 0.4) is 0 Å². The molecule has 10 heteroatoms. The highest BCUT2D eigenvalue weighted by Crippen LogP contribution is 2.15. The van der Waals surface area contributed by atoms with Gasteiger partial charge in [-0.1, -0.05) is 76.3 Å². The summed E-state index contributed by atoms with van der Waals surface area (Å²) >= 11 is 0. The van der Waals surface area contributed by atoms with Crippen molar-refractivity contribution >= 4 is 29.7 Å². The lowest BCUT2D eigenvalue weighted by Crippen LogP contribution is -2.41. The minimum atomic E-state index is -1.29. The maximum Gasteiger partial charge on any atom is 0.326 e. The Morgan fingerprint density at radius 1 is 0.721 bits per heavy atom. The standard InChI is InChI=1S/C33H52N2O8/c1-33(2,3)43-30(39)17-15-13-11-9-7-5-4-6-8-10-12-14-16-28(36)34-24-25-18-20-26(21-19-25)31(40)35-27(32(41)42)22-23-29(37)38/h18-21,27H,4-17,22-24H2,1-3H3,(H,34,36)(H,35,40)(H,37,38)(H,41,42)/t27-/m1/s1. The highest BCUT2D eigenvalue weighted by Gasteiger charge is 2.21. The maximum atomic E-state index is 12.3. The zero-order chi connectivity index (χ0) is 32.1. The fraction of sp³-hybridized carbons (Fsp3) is 0.667. The highest BCUT2D eigenvalue weighted by atomic mass is 16.6. The summed E-state index contributed by atoms with van der Waals surface area (Å²) in [6, 6.07) is 5.18. The molecule has 242 valence electrons. The number of unbranched alkanes of at least 4 members (excludes halogenated alkanes) is 11. The van der Waals surface area contributed by atoms with Crippen molar-refractivity contribution in [2.45, 2.75) is 142 Å². The van der Waals surface area contributed by atoms with Gasteiger partial charge in [-0.15, -0.1) is 0 Å². The lowest BCUT2D eigenvalue weighted by Gasteiger charge is -2.19. The van der Waals surface area contributed by atoms with E-state index in [-0.39, 0.29) is 30.3 Å². The summed E-state index contributed by atoms with van der Waals surface area (Å²) in [6.07, 6.45) is 13.9. The number of aliphatic carboxylic acids is 2. The van der Waals surface area contributed by atoms with E-state index in [9.17, 15) is 29.1 Å². The molecule has 0 saturated heterocycles. The van der Waals surface area contributed by atoms with Gasteiger partial charge >= 0.3 is 17.9 Å². The van der Waals surface area contributed by atoms with Crippen molar-refractivity contribution in [2.24, 2.45) is 0 Å². The number of carbonyl (C=O) groups is 5. The van der Waals surface area contributed by atoms with Crippen molar-refractivity contribution in [3.8, 4) is 0 Å². The van der Waals surface area contributed by atoms with Crippen LogP contribution in [0.2, 0.25) is 0 Å². The Balaban J connectivity index is 2.05. The Hall–Kier alpha value is -3.43. The van der Waals surface area contributed by atoms with E-state index < -0.39 is 29.5 Å². The van der Waals surface area contributed by atoms with Gasteiger partial charge in [-0.2, -0.15) is 0 Å². The van der Waals surface area contributed by atoms with E-state index in [0.29, 0.717) is 19.4 Å². The number of hydrogen-bond donors (Lipinski definition) is 4. The first-order chi connectivity index (χ1) is 20.4. The first-order valence-corrected chi connectivity index (χ1v) is 15.7. The smallest absolute Gasteiger partial charge is 0.326 e. The normalized spacial score (nSPS) is 11.9. The number of ether oxygens (including phenoxy) is 1. The number of rotatable bonds is 23. The van der Waals surface area contributed by atoms with Crippen LogP contribution in [0.5, 0.6) is 0 Å². The SMILES string of the molecule is CC(C)(C)OC(=O)CCCCCCCCCCCCCCC(=O)NCc1ccc(C(=O)N[C@H](CCC(=O)O)C(=O)O)cc1. The number of carboxylic acid groups (broad SMARTS) is 2. The number of benzene rings is 1. The van der Waals surface area contributed by atoms with Gasteiger partial charge in [-0.25, -0.2) is 4.79 Å². The van der Waals surface area contributed by atoms with Gasteiger partial charge in [0.25, 0.3) is 5.91 Å². The molecule has 0 spiro atoms. The third kappa shape index (κ3) is 20.2. The molecule has 2 amide bonds. The minimum absolute atomic E-state index is 0.0179. The van der Waals surface area contributed by atoms with Gasteiger partial charge in [0.15, 0.2) is 0 Å². The zero-order valence-electron chi connectivity index (χ0n) is 26.3. The Labute approximate surface area is 256 Å². The lowest BCUT2D eigenvalue weighted by atomic mass is 10.0. The number of nitrogens with one attached hydrogen (secondary N) is 2. The fourth-order valence-corrected chi connectivity index (χ4v) is 4.54. The summed E-state index contributed by atoms with van der Waals surface area (Å²) in [5.41, 5.74) is 0.663. The molecule has 1 aromatic carbocycles. The van der Waals surface area contributed by atoms with Crippen molar-refractivity contribution in [2.75, 3.05) is 0 Å². The Kier molecular flexibility index (Phi) is 18.6. The van der Waals surface area contributed by atoms with Gasteiger partial charge < -0.3 is 25.6 Å². The number of esters is 1. The van der Waals surface area contributed by atoms with Gasteiger partial charge in [0.05, 0.1) is 0 Å². The lowest BCUT2D eigenvalue weighted by molar-refractivity contribution is -0.155. The van der Waals surface area contributed by atoms with Gasteiger partial charge in [0.2, 0.25) is 5.91 Å². The molecular weight excluding hydrogens is 552 g/mol. The predicted molar refractivity (Wildman–Crippen MR) is 165 cm³/mol. The third-order valence-electron chi connectivity index (χ3n) is 6.91. The first-order valence-electron chi connectivity index (χ1n) is 15.7. The number of hydrogen-bond acceptors (Lipinski definition) is 6. The quantitative estimate of drug-likeness (QED) is 0.0854. The summed E-state index contributed by atoms with van der Waals surface area (Å²) in [6.45, 7) is 6.01. The van der Waals surface area contributed by atoms with E-state index in [1.807, 2.05) is 20.8 Å². The van der Waals surface area contributed by atoms with E-state index in [1.165, 1.54) is 44.9 Å². The minimum Gasteiger partial charge on any atom is -0.481 e. The zero-order valence-corrected chi connectivity index (χ0v) is 26.3. The van der Waals surface area contributed by atoms with Gasteiger partial charge in [0.1, 0.15) is 11.6 Å². The molecule has 0 radical (unpaired) electrons. The van der Waals surface area contributed by atoms with Crippen LogP contribution >= 0.6 is 0 Å². The molecule has 0 fully saturated rings. The predicted octanol–water partition coefficient (Wildman–Crippen LogP) is 6.15. The molecule has 1 rings (SSSR count).